The molecule has 5 heteroatoms. The molecule has 0 bridgehead atoms. The second-order valence-electron chi connectivity index (χ2n) is 5.45. The van der Waals surface area contributed by atoms with Gasteiger partial charge in [-0.3, -0.25) is 4.79 Å². The summed E-state index contributed by atoms with van der Waals surface area (Å²) < 4.78 is 5.34. The number of carboxylic acid groups (broad SMARTS) is 1. The van der Waals surface area contributed by atoms with Crippen molar-refractivity contribution in [2.75, 3.05) is 5.32 Å². The highest BCUT2D eigenvalue weighted by molar-refractivity contribution is 5.92. The van der Waals surface area contributed by atoms with E-state index in [0.717, 1.165) is 36.1 Å². The van der Waals surface area contributed by atoms with Crippen LogP contribution in [0.25, 0.3) is 11.3 Å². The Balaban J connectivity index is 2.17. The molecule has 0 fully saturated rings. The molecule has 23 heavy (non-hydrogen) atoms. The summed E-state index contributed by atoms with van der Waals surface area (Å²) in [6.07, 6.45) is 3.49. The Morgan fingerprint density at radius 2 is 1.96 bits per heavy atom. The van der Waals surface area contributed by atoms with Crippen molar-refractivity contribution >= 4 is 17.6 Å². The van der Waals surface area contributed by atoms with Crippen LogP contribution >= 0.6 is 0 Å². The van der Waals surface area contributed by atoms with Gasteiger partial charge in [0, 0.05) is 17.7 Å². The Morgan fingerprint density at radius 1 is 1.17 bits per heavy atom. The molecule has 0 aliphatic heterocycles. The zero-order valence-corrected chi connectivity index (χ0v) is 13.4. The van der Waals surface area contributed by atoms with E-state index >= 15 is 0 Å². The lowest BCUT2D eigenvalue weighted by Gasteiger charge is -2.11. The Morgan fingerprint density at radius 3 is 2.61 bits per heavy atom. The van der Waals surface area contributed by atoms with Gasteiger partial charge >= 0.3 is 5.97 Å². The highest BCUT2D eigenvalue weighted by Crippen LogP contribution is 2.30. The van der Waals surface area contributed by atoms with Gasteiger partial charge in [-0.25, -0.2) is 4.79 Å². The zero-order chi connectivity index (χ0) is 16.8. The summed E-state index contributed by atoms with van der Waals surface area (Å²) in [6.45, 7) is 3.97. The van der Waals surface area contributed by atoms with E-state index in [-0.39, 0.29) is 11.7 Å². The number of aromatic carboxylic acids is 1. The summed E-state index contributed by atoms with van der Waals surface area (Å²) in [5, 5.41) is 11.9. The van der Waals surface area contributed by atoms with Gasteiger partial charge in [0.15, 0.2) is 0 Å². The number of unbranched alkanes of at least 4 members (excludes halogenated alkanes) is 2. The normalized spacial score (nSPS) is 10.5. The van der Waals surface area contributed by atoms with Crippen LogP contribution in [-0.2, 0) is 4.79 Å². The number of carbonyl (C=O) groups excluding carboxylic acids is 1. The SMILES string of the molecule is CCCCCC(=O)Nc1cccc(-c2ccc(C(=O)O)o2)c1C. The summed E-state index contributed by atoms with van der Waals surface area (Å²) in [7, 11) is 0. The Hall–Kier alpha value is -2.56. The van der Waals surface area contributed by atoms with Gasteiger partial charge in [0.25, 0.3) is 0 Å². The van der Waals surface area contributed by atoms with Crippen LogP contribution in [0.15, 0.2) is 34.7 Å². The minimum absolute atomic E-state index is 0.00984. The third-order valence-corrected chi connectivity index (χ3v) is 3.70. The molecule has 0 saturated heterocycles. The molecule has 0 spiro atoms. The topological polar surface area (TPSA) is 79.5 Å². The first-order chi connectivity index (χ1) is 11.0. The highest BCUT2D eigenvalue weighted by atomic mass is 16.4. The van der Waals surface area contributed by atoms with Crippen molar-refractivity contribution in [3.05, 3.63) is 41.7 Å². The van der Waals surface area contributed by atoms with Crippen LogP contribution in [0.3, 0.4) is 0 Å². The average Bonchev–Trinajstić information content (AvgIpc) is 2.99. The van der Waals surface area contributed by atoms with Gasteiger partial charge < -0.3 is 14.8 Å². The van der Waals surface area contributed by atoms with Crippen molar-refractivity contribution in [1.29, 1.82) is 0 Å². The van der Waals surface area contributed by atoms with E-state index in [4.69, 9.17) is 9.52 Å². The molecule has 0 saturated carbocycles. The van der Waals surface area contributed by atoms with Gasteiger partial charge in [0.05, 0.1) is 0 Å². The van der Waals surface area contributed by atoms with Gasteiger partial charge in [0.1, 0.15) is 5.76 Å². The van der Waals surface area contributed by atoms with E-state index in [2.05, 4.69) is 12.2 Å². The molecule has 1 heterocycles. The molecule has 2 aromatic rings. The first kappa shape index (κ1) is 16.8. The Kier molecular flexibility index (Phi) is 5.57. The number of furan rings is 1. The van der Waals surface area contributed by atoms with Crippen molar-refractivity contribution in [3.63, 3.8) is 0 Å². The largest absolute Gasteiger partial charge is 0.475 e. The van der Waals surface area contributed by atoms with Gasteiger partial charge in [-0.05, 0) is 37.1 Å². The Bertz CT molecular complexity index is 703. The average molecular weight is 315 g/mol. The number of carbonyl (C=O) groups is 2. The number of anilines is 1. The van der Waals surface area contributed by atoms with Gasteiger partial charge in [0.2, 0.25) is 11.7 Å². The van der Waals surface area contributed by atoms with E-state index in [0.29, 0.717) is 12.2 Å². The number of rotatable bonds is 7. The van der Waals surface area contributed by atoms with Gasteiger partial charge in [-0.1, -0.05) is 31.9 Å². The molecular weight excluding hydrogens is 294 g/mol. The molecule has 0 unspecified atom stereocenters. The van der Waals surface area contributed by atoms with Crippen molar-refractivity contribution in [2.24, 2.45) is 0 Å². The lowest BCUT2D eigenvalue weighted by Crippen LogP contribution is -2.12. The third-order valence-electron chi connectivity index (χ3n) is 3.70. The molecule has 2 N–H and O–H groups in total. The Labute approximate surface area is 135 Å². The first-order valence-corrected chi connectivity index (χ1v) is 7.76. The molecule has 2 rings (SSSR count). The van der Waals surface area contributed by atoms with Gasteiger partial charge in [-0.15, -0.1) is 0 Å². The summed E-state index contributed by atoms with van der Waals surface area (Å²) >= 11 is 0. The molecule has 0 aliphatic rings. The minimum Gasteiger partial charge on any atom is -0.475 e. The molecule has 122 valence electrons. The van der Waals surface area contributed by atoms with Crippen molar-refractivity contribution in [3.8, 4) is 11.3 Å². The lowest BCUT2D eigenvalue weighted by atomic mass is 10.0. The van der Waals surface area contributed by atoms with Crippen LogP contribution in [0.2, 0.25) is 0 Å². The van der Waals surface area contributed by atoms with Crippen LogP contribution in [0.1, 0.15) is 48.7 Å². The second-order valence-corrected chi connectivity index (χ2v) is 5.45. The fraction of sp³-hybridized carbons (Fsp3) is 0.333. The summed E-state index contributed by atoms with van der Waals surface area (Å²) in [5.74, 6) is -0.742. The molecule has 1 aromatic carbocycles. The number of carboxylic acids is 1. The van der Waals surface area contributed by atoms with Crippen LogP contribution in [0.5, 0.6) is 0 Å². The summed E-state index contributed by atoms with van der Waals surface area (Å²) in [4.78, 5) is 22.9. The van der Waals surface area contributed by atoms with E-state index in [1.165, 1.54) is 6.07 Å². The minimum atomic E-state index is -1.10. The lowest BCUT2D eigenvalue weighted by molar-refractivity contribution is -0.116. The van der Waals surface area contributed by atoms with Gasteiger partial charge in [-0.2, -0.15) is 0 Å². The van der Waals surface area contributed by atoms with Crippen molar-refractivity contribution in [1.82, 2.24) is 0 Å². The predicted molar refractivity (Wildman–Crippen MR) is 88.6 cm³/mol. The quantitative estimate of drug-likeness (QED) is 0.739. The van der Waals surface area contributed by atoms with Crippen LogP contribution in [-0.4, -0.2) is 17.0 Å². The van der Waals surface area contributed by atoms with E-state index in [1.807, 2.05) is 25.1 Å². The highest BCUT2D eigenvalue weighted by Gasteiger charge is 2.14. The molecule has 0 aliphatic carbocycles. The van der Waals surface area contributed by atoms with Crippen molar-refractivity contribution in [2.45, 2.75) is 39.5 Å². The molecule has 1 amide bonds. The summed E-state index contributed by atoms with van der Waals surface area (Å²) in [6, 6.07) is 8.53. The van der Waals surface area contributed by atoms with Crippen LogP contribution in [0.4, 0.5) is 5.69 Å². The maximum atomic E-state index is 12.0. The second kappa shape index (κ2) is 7.63. The predicted octanol–water partition coefficient (Wildman–Crippen LogP) is 4.47. The molecular formula is C18H21NO4. The van der Waals surface area contributed by atoms with Crippen LogP contribution in [0, 0.1) is 6.92 Å². The van der Waals surface area contributed by atoms with E-state index in [1.54, 1.807) is 6.07 Å². The fourth-order valence-electron chi connectivity index (χ4n) is 2.38. The molecule has 1 aromatic heterocycles. The number of hydrogen-bond donors (Lipinski definition) is 2. The standard InChI is InChI=1S/C18H21NO4/c1-3-4-5-9-17(20)19-14-8-6-7-13(12(14)2)15-10-11-16(23-15)18(21)22/h6-8,10-11H,3-5,9H2,1-2H3,(H,19,20)(H,21,22). The molecule has 5 nitrogen and oxygen atoms in total. The zero-order valence-electron chi connectivity index (χ0n) is 13.4. The van der Waals surface area contributed by atoms with E-state index < -0.39 is 5.97 Å². The number of amides is 1. The molecule has 0 radical (unpaired) electrons. The number of nitrogens with one attached hydrogen (secondary N) is 1. The fourth-order valence-corrected chi connectivity index (χ4v) is 2.38. The smallest absolute Gasteiger partial charge is 0.371 e. The van der Waals surface area contributed by atoms with Crippen LogP contribution < -0.4 is 5.32 Å². The van der Waals surface area contributed by atoms with Crippen molar-refractivity contribution < 1.29 is 19.1 Å². The summed E-state index contributed by atoms with van der Waals surface area (Å²) in [5.41, 5.74) is 2.34. The maximum absolute atomic E-state index is 12.0. The third kappa shape index (κ3) is 4.22. The first-order valence-electron chi connectivity index (χ1n) is 7.76. The molecule has 0 atom stereocenters. The number of hydrogen-bond acceptors (Lipinski definition) is 3. The number of benzene rings is 1. The monoisotopic (exact) mass is 315 g/mol. The maximum Gasteiger partial charge on any atom is 0.371 e. The van der Waals surface area contributed by atoms with E-state index in [9.17, 15) is 9.59 Å².